The molecular formula is C39H82O3. The zero-order valence-electron chi connectivity index (χ0n) is 30.8. The van der Waals surface area contributed by atoms with Crippen molar-refractivity contribution < 1.29 is 14.9 Å². The molecule has 0 bridgehead atoms. The van der Waals surface area contributed by atoms with E-state index >= 15 is 0 Å². The van der Waals surface area contributed by atoms with Crippen LogP contribution in [0.5, 0.6) is 0 Å². The van der Waals surface area contributed by atoms with Crippen molar-refractivity contribution in [3.05, 3.63) is 0 Å². The molecule has 0 aromatic rings. The van der Waals surface area contributed by atoms with E-state index in [2.05, 4.69) is 96.9 Å². The van der Waals surface area contributed by atoms with E-state index in [-0.39, 0.29) is 30.5 Å². The second kappa shape index (κ2) is 19.4. The fourth-order valence-corrected chi connectivity index (χ4v) is 6.61. The largest absolute Gasteiger partial charge is 0.393 e. The summed E-state index contributed by atoms with van der Waals surface area (Å²) in [6, 6.07) is 0. The van der Waals surface area contributed by atoms with Crippen molar-refractivity contribution in [2.24, 2.45) is 51.2 Å². The Morgan fingerprint density at radius 2 is 1.07 bits per heavy atom. The number of rotatable bonds is 7. The fraction of sp³-hybridized carbons (Fsp3) is 1.00. The highest BCUT2D eigenvalue weighted by Gasteiger charge is 2.37. The lowest BCUT2D eigenvalue weighted by Crippen LogP contribution is -2.37. The van der Waals surface area contributed by atoms with Gasteiger partial charge in [-0.15, -0.1) is 0 Å². The van der Waals surface area contributed by atoms with Gasteiger partial charge < -0.3 is 14.9 Å². The molecule has 0 saturated heterocycles. The molecule has 2 aliphatic carbocycles. The van der Waals surface area contributed by atoms with Crippen LogP contribution in [0.4, 0.5) is 0 Å². The van der Waals surface area contributed by atoms with Crippen LogP contribution < -0.4 is 0 Å². The van der Waals surface area contributed by atoms with Crippen molar-refractivity contribution in [1.82, 2.24) is 0 Å². The van der Waals surface area contributed by atoms with Gasteiger partial charge in [0.15, 0.2) is 0 Å². The van der Waals surface area contributed by atoms with E-state index in [9.17, 15) is 10.2 Å². The van der Waals surface area contributed by atoms with Gasteiger partial charge in [-0.1, -0.05) is 111 Å². The summed E-state index contributed by atoms with van der Waals surface area (Å²) in [6.07, 6.45) is 13.3. The molecule has 0 heterocycles. The molecule has 0 aliphatic heterocycles. The second-order valence-corrected chi connectivity index (χ2v) is 18.6. The highest BCUT2D eigenvalue weighted by molar-refractivity contribution is 4.88. The Morgan fingerprint density at radius 1 is 0.643 bits per heavy atom. The summed E-state index contributed by atoms with van der Waals surface area (Å²) in [7, 11) is 1.74. The highest BCUT2D eigenvalue weighted by Crippen LogP contribution is 2.43. The third-order valence-electron chi connectivity index (χ3n) is 9.83. The number of methoxy groups -OCH3 is 1. The van der Waals surface area contributed by atoms with Crippen LogP contribution in [0, 0.1) is 51.2 Å². The summed E-state index contributed by atoms with van der Waals surface area (Å²) in [6.45, 7) is 32.8. The molecule has 3 heteroatoms. The van der Waals surface area contributed by atoms with Gasteiger partial charge in [0.1, 0.15) is 0 Å². The van der Waals surface area contributed by atoms with Gasteiger partial charge in [-0.2, -0.15) is 0 Å². The molecule has 2 rings (SSSR count). The quantitative estimate of drug-likeness (QED) is 0.306. The Bertz CT molecular complexity index is 657. The van der Waals surface area contributed by atoms with Crippen molar-refractivity contribution >= 4 is 0 Å². The Morgan fingerprint density at radius 3 is 1.40 bits per heavy atom. The van der Waals surface area contributed by atoms with Gasteiger partial charge in [-0.05, 0) is 115 Å². The molecule has 2 fully saturated rings. The standard InChI is InChI=1S/2C16H32O.C6H14O.CH4/c1-15(2,3)10-9-12-7-8-14(17)13(11-12)16(4,5)6;1-15(2,3)10-9-12-7-8-13(14(17)11-12)16(4,5)6;1-4-6(2)5-7-3;/h2*12-14,17H,7-11H2,1-6H3;6H,4-5H2,1-3H3;1H4. The number of ether oxygens (including phenoxy) is 1. The number of aliphatic hydroxyl groups is 2. The molecule has 256 valence electrons. The van der Waals surface area contributed by atoms with E-state index in [1.165, 1.54) is 57.8 Å². The minimum absolute atomic E-state index is 0. The molecule has 42 heavy (non-hydrogen) atoms. The van der Waals surface area contributed by atoms with Gasteiger partial charge in [0.05, 0.1) is 12.2 Å². The Balaban J connectivity index is 0. The van der Waals surface area contributed by atoms with Crippen LogP contribution >= 0.6 is 0 Å². The molecule has 2 saturated carbocycles. The molecule has 0 spiro atoms. The first kappa shape index (κ1) is 44.0. The molecule has 0 amide bonds. The summed E-state index contributed by atoms with van der Waals surface area (Å²) >= 11 is 0. The molecule has 0 aromatic heterocycles. The molecule has 2 aliphatic rings. The van der Waals surface area contributed by atoms with Gasteiger partial charge in [0, 0.05) is 13.7 Å². The van der Waals surface area contributed by atoms with Gasteiger partial charge in [-0.25, -0.2) is 0 Å². The molecule has 7 atom stereocenters. The third kappa shape index (κ3) is 20.0. The summed E-state index contributed by atoms with van der Waals surface area (Å²) in [5, 5.41) is 20.5. The second-order valence-electron chi connectivity index (χ2n) is 18.6. The van der Waals surface area contributed by atoms with Crippen LogP contribution in [-0.2, 0) is 4.74 Å². The lowest BCUT2D eigenvalue weighted by atomic mass is 9.66. The van der Waals surface area contributed by atoms with Crippen LogP contribution in [0.3, 0.4) is 0 Å². The fourth-order valence-electron chi connectivity index (χ4n) is 6.61. The van der Waals surface area contributed by atoms with Crippen molar-refractivity contribution in [3.8, 4) is 0 Å². The predicted molar refractivity (Wildman–Crippen MR) is 188 cm³/mol. The van der Waals surface area contributed by atoms with E-state index in [1.807, 2.05) is 0 Å². The van der Waals surface area contributed by atoms with Crippen molar-refractivity contribution in [2.45, 2.75) is 187 Å². The average molecular weight is 599 g/mol. The molecular weight excluding hydrogens is 516 g/mol. The maximum absolute atomic E-state index is 10.3. The SMILES string of the molecule is C.CC(C)(C)CCC1CCC(C(C)(C)C)C(O)C1.CC(C)(C)CCC1CCC(O)C(C(C)(C)C)C1.CCC(C)COC. The van der Waals surface area contributed by atoms with E-state index in [4.69, 9.17) is 4.74 Å². The summed E-state index contributed by atoms with van der Waals surface area (Å²) in [5.74, 6) is 3.30. The van der Waals surface area contributed by atoms with Crippen molar-refractivity contribution in [2.75, 3.05) is 13.7 Å². The van der Waals surface area contributed by atoms with Gasteiger partial charge in [0.2, 0.25) is 0 Å². The van der Waals surface area contributed by atoms with Crippen molar-refractivity contribution in [1.29, 1.82) is 0 Å². The predicted octanol–water partition coefficient (Wildman–Crippen LogP) is 11.6. The van der Waals surface area contributed by atoms with E-state index in [1.54, 1.807) is 7.11 Å². The van der Waals surface area contributed by atoms with E-state index in [0.29, 0.717) is 22.7 Å². The monoisotopic (exact) mass is 599 g/mol. The molecule has 3 nitrogen and oxygen atoms in total. The summed E-state index contributed by atoms with van der Waals surface area (Å²) in [5.41, 5.74) is 1.40. The first-order chi connectivity index (χ1) is 18.5. The summed E-state index contributed by atoms with van der Waals surface area (Å²) < 4.78 is 4.89. The van der Waals surface area contributed by atoms with Crippen LogP contribution in [0.25, 0.3) is 0 Å². The topological polar surface area (TPSA) is 49.7 Å². The third-order valence-corrected chi connectivity index (χ3v) is 9.83. The van der Waals surface area contributed by atoms with Crippen LogP contribution in [0.15, 0.2) is 0 Å². The smallest absolute Gasteiger partial charge is 0.0576 e. The minimum Gasteiger partial charge on any atom is -0.393 e. The van der Waals surface area contributed by atoms with Crippen LogP contribution in [-0.4, -0.2) is 36.1 Å². The van der Waals surface area contributed by atoms with E-state index < -0.39 is 0 Å². The molecule has 2 N–H and O–H groups in total. The normalized spacial score (nSPS) is 27.9. The molecule has 0 aromatic carbocycles. The zero-order valence-corrected chi connectivity index (χ0v) is 30.8. The Kier molecular flexibility index (Phi) is 20.3. The lowest BCUT2D eigenvalue weighted by molar-refractivity contribution is -0.0117. The first-order valence-corrected chi connectivity index (χ1v) is 17.3. The Hall–Kier alpha value is -0.120. The molecule has 7 unspecified atom stereocenters. The maximum atomic E-state index is 10.3. The van der Waals surface area contributed by atoms with Crippen LogP contribution in [0.1, 0.15) is 175 Å². The van der Waals surface area contributed by atoms with Crippen LogP contribution in [0.2, 0.25) is 0 Å². The lowest BCUT2D eigenvalue weighted by Gasteiger charge is -2.41. The van der Waals surface area contributed by atoms with Gasteiger partial charge in [-0.3, -0.25) is 0 Å². The number of hydrogen-bond donors (Lipinski definition) is 2. The maximum Gasteiger partial charge on any atom is 0.0576 e. The average Bonchev–Trinajstić information content (AvgIpc) is 2.80. The number of aliphatic hydroxyl groups excluding tert-OH is 2. The van der Waals surface area contributed by atoms with Gasteiger partial charge >= 0.3 is 0 Å². The van der Waals surface area contributed by atoms with Gasteiger partial charge in [0.25, 0.3) is 0 Å². The molecule has 0 radical (unpaired) electrons. The number of hydrogen-bond acceptors (Lipinski definition) is 3. The first-order valence-electron chi connectivity index (χ1n) is 17.3. The Labute approximate surface area is 266 Å². The van der Waals surface area contributed by atoms with Crippen molar-refractivity contribution in [3.63, 3.8) is 0 Å². The minimum atomic E-state index is -0.0753. The summed E-state index contributed by atoms with van der Waals surface area (Å²) in [4.78, 5) is 0. The highest BCUT2D eigenvalue weighted by atomic mass is 16.5. The van der Waals surface area contributed by atoms with E-state index in [0.717, 1.165) is 37.2 Å². The zero-order chi connectivity index (χ0) is 32.2.